The molecule has 1 aliphatic heterocycles. The summed E-state index contributed by atoms with van der Waals surface area (Å²) in [6.45, 7) is 15.4. The zero-order valence-corrected chi connectivity index (χ0v) is 15.0. The smallest absolute Gasteiger partial charge is 0.186 e. The molecule has 0 N–H and O–H groups in total. The summed E-state index contributed by atoms with van der Waals surface area (Å²) < 4.78 is 0. The molecule has 3 nitrogen and oxygen atoms in total. The largest absolute Gasteiger partial charge is 0.348 e. The van der Waals surface area contributed by atoms with Gasteiger partial charge in [0.2, 0.25) is 0 Å². The number of hydrogen-bond acceptors (Lipinski definition) is 4. The van der Waals surface area contributed by atoms with E-state index in [-0.39, 0.29) is 5.41 Å². The van der Waals surface area contributed by atoms with Gasteiger partial charge in [0, 0.05) is 18.5 Å². The summed E-state index contributed by atoms with van der Waals surface area (Å²) in [4.78, 5) is 19.2. The number of nitrogens with zero attached hydrogens (tertiary/aromatic N) is 2. The van der Waals surface area contributed by atoms with Crippen LogP contribution in [0.25, 0.3) is 0 Å². The number of rotatable bonds is 2. The summed E-state index contributed by atoms with van der Waals surface area (Å²) in [6.07, 6.45) is 3.39. The highest BCUT2D eigenvalue weighted by Gasteiger charge is 2.31. The van der Waals surface area contributed by atoms with Gasteiger partial charge in [-0.3, -0.25) is 4.79 Å². The average Bonchev–Trinajstić information content (AvgIpc) is 2.82. The molecule has 21 heavy (non-hydrogen) atoms. The second-order valence-corrected chi connectivity index (χ2v) is 9.21. The van der Waals surface area contributed by atoms with Gasteiger partial charge in [0.05, 0.1) is 10.6 Å². The Morgan fingerprint density at radius 3 is 2.10 bits per heavy atom. The van der Waals surface area contributed by atoms with Crippen LogP contribution in [-0.4, -0.2) is 24.4 Å². The lowest BCUT2D eigenvalue weighted by Crippen LogP contribution is -2.38. The van der Waals surface area contributed by atoms with Gasteiger partial charge in [-0.25, -0.2) is 4.98 Å². The molecule has 0 radical (unpaired) electrons. The molecule has 1 aromatic rings. The average molecular weight is 308 g/mol. The molecule has 1 aromatic heterocycles. The van der Waals surface area contributed by atoms with E-state index in [0.29, 0.717) is 5.41 Å². The monoisotopic (exact) mass is 308 g/mol. The minimum atomic E-state index is -0.0747. The van der Waals surface area contributed by atoms with Crippen LogP contribution in [0.1, 0.15) is 69.7 Å². The summed E-state index contributed by atoms with van der Waals surface area (Å²) in [5.74, 6) is 0.779. The predicted molar refractivity (Wildman–Crippen MR) is 90.6 cm³/mol. The molecule has 0 saturated carbocycles. The summed E-state index contributed by atoms with van der Waals surface area (Å²) in [5.41, 5.74) is 1.25. The summed E-state index contributed by atoms with van der Waals surface area (Å²) in [5, 5.41) is 1.02. The van der Waals surface area contributed by atoms with Crippen LogP contribution >= 0.6 is 11.3 Å². The first kappa shape index (κ1) is 16.5. The number of aldehydes is 1. The van der Waals surface area contributed by atoms with Crippen molar-refractivity contribution in [2.24, 2.45) is 11.3 Å². The summed E-state index contributed by atoms with van der Waals surface area (Å²) >= 11 is 1.55. The van der Waals surface area contributed by atoms with Crippen molar-refractivity contribution >= 4 is 22.8 Å². The molecule has 0 spiro atoms. The van der Waals surface area contributed by atoms with Gasteiger partial charge in [0.15, 0.2) is 11.4 Å². The molecule has 118 valence electrons. The van der Waals surface area contributed by atoms with Crippen molar-refractivity contribution < 1.29 is 4.79 Å². The van der Waals surface area contributed by atoms with E-state index >= 15 is 0 Å². The second-order valence-electron chi connectivity index (χ2n) is 8.20. The molecule has 1 fully saturated rings. The van der Waals surface area contributed by atoms with Crippen LogP contribution in [0.3, 0.4) is 0 Å². The lowest BCUT2D eigenvalue weighted by atomic mass is 9.75. The van der Waals surface area contributed by atoms with Crippen molar-refractivity contribution in [1.82, 2.24) is 4.98 Å². The number of aromatic nitrogens is 1. The minimum Gasteiger partial charge on any atom is -0.348 e. The highest BCUT2D eigenvalue weighted by Crippen LogP contribution is 2.38. The first-order valence-electron chi connectivity index (χ1n) is 7.84. The normalized spacial score (nSPS) is 18.1. The first-order chi connectivity index (χ1) is 9.63. The Hall–Kier alpha value is -0.900. The Morgan fingerprint density at radius 2 is 1.71 bits per heavy atom. The summed E-state index contributed by atoms with van der Waals surface area (Å²) in [6, 6.07) is 0. The number of anilines is 1. The van der Waals surface area contributed by atoms with Gasteiger partial charge < -0.3 is 4.90 Å². The van der Waals surface area contributed by atoms with E-state index in [2.05, 4.69) is 46.4 Å². The lowest BCUT2D eigenvalue weighted by Gasteiger charge is -2.38. The molecule has 4 heteroatoms. The maximum Gasteiger partial charge on any atom is 0.186 e. The Balaban J connectivity index is 2.14. The van der Waals surface area contributed by atoms with Crippen molar-refractivity contribution in [2.75, 3.05) is 18.0 Å². The van der Waals surface area contributed by atoms with E-state index in [1.165, 1.54) is 12.8 Å². The molecule has 0 unspecified atom stereocenters. The maximum atomic E-state index is 11.3. The van der Waals surface area contributed by atoms with Crippen LogP contribution in [0, 0.1) is 11.3 Å². The molecule has 0 amide bonds. The number of carbonyl (C=O) groups excluding carboxylic acids is 1. The Morgan fingerprint density at radius 1 is 1.14 bits per heavy atom. The lowest BCUT2D eigenvalue weighted by molar-refractivity contribution is 0.112. The topological polar surface area (TPSA) is 33.2 Å². The van der Waals surface area contributed by atoms with Gasteiger partial charge in [0.1, 0.15) is 0 Å². The molecule has 1 saturated heterocycles. The molecule has 1 aliphatic rings. The zero-order chi connectivity index (χ0) is 15.8. The fraction of sp³-hybridized carbons (Fsp3) is 0.765. The molecule has 0 bridgehead atoms. The van der Waals surface area contributed by atoms with Crippen LogP contribution in [0.5, 0.6) is 0 Å². The van der Waals surface area contributed by atoms with Crippen LogP contribution in [0.2, 0.25) is 0 Å². The van der Waals surface area contributed by atoms with Gasteiger partial charge in [0.25, 0.3) is 0 Å². The molecule has 2 rings (SSSR count). The predicted octanol–water partition coefficient (Wildman–Crippen LogP) is 4.52. The maximum absolute atomic E-state index is 11.3. The third-order valence-corrected chi connectivity index (χ3v) is 5.49. The van der Waals surface area contributed by atoms with Gasteiger partial charge >= 0.3 is 0 Å². The third-order valence-electron chi connectivity index (χ3n) is 4.45. The molecule has 2 heterocycles. The number of thiazole rings is 1. The second kappa shape index (κ2) is 5.71. The van der Waals surface area contributed by atoms with Crippen LogP contribution in [-0.2, 0) is 5.41 Å². The van der Waals surface area contributed by atoms with Crippen molar-refractivity contribution in [1.29, 1.82) is 0 Å². The van der Waals surface area contributed by atoms with Gasteiger partial charge in [-0.05, 0) is 24.2 Å². The fourth-order valence-electron chi connectivity index (χ4n) is 3.01. The Labute approximate surface area is 132 Å². The van der Waals surface area contributed by atoms with E-state index in [4.69, 9.17) is 4.98 Å². The number of carbonyl (C=O) groups is 1. The summed E-state index contributed by atoms with van der Waals surface area (Å²) in [7, 11) is 0. The molecule has 0 aliphatic carbocycles. The molecular weight excluding hydrogens is 280 g/mol. The Kier molecular flexibility index (Phi) is 4.48. The highest BCUT2D eigenvalue weighted by molar-refractivity contribution is 7.17. The van der Waals surface area contributed by atoms with E-state index in [9.17, 15) is 4.79 Å². The third kappa shape index (κ3) is 3.65. The van der Waals surface area contributed by atoms with Gasteiger partial charge in [-0.15, -0.1) is 0 Å². The van der Waals surface area contributed by atoms with Gasteiger partial charge in [-0.2, -0.15) is 0 Å². The van der Waals surface area contributed by atoms with Crippen molar-refractivity contribution in [3.63, 3.8) is 0 Å². The highest BCUT2D eigenvalue weighted by atomic mass is 32.1. The standard InChI is InChI=1S/C17H28N2OS/c1-16(2,3)12-7-9-19(10-8-12)15-18-14(17(4,5)6)13(11-20)21-15/h11-12H,7-10H2,1-6H3. The number of hydrogen-bond donors (Lipinski definition) is 0. The fourth-order valence-corrected chi connectivity index (χ4v) is 4.15. The van der Waals surface area contributed by atoms with Crippen molar-refractivity contribution in [2.45, 2.75) is 59.8 Å². The van der Waals surface area contributed by atoms with Gasteiger partial charge in [-0.1, -0.05) is 52.9 Å². The van der Waals surface area contributed by atoms with Crippen LogP contribution in [0.15, 0.2) is 0 Å². The SMILES string of the molecule is CC(C)(C)c1nc(N2CCC(C(C)(C)C)CC2)sc1C=O. The van der Waals surface area contributed by atoms with Crippen molar-refractivity contribution in [3.05, 3.63) is 10.6 Å². The van der Waals surface area contributed by atoms with E-state index in [1.807, 2.05) is 0 Å². The van der Waals surface area contributed by atoms with Crippen LogP contribution < -0.4 is 4.90 Å². The van der Waals surface area contributed by atoms with Crippen LogP contribution in [0.4, 0.5) is 5.13 Å². The molecular formula is C17H28N2OS. The minimum absolute atomic E-state index is 0.0747. The van der Waals surface area contributed by atoms with E-state index in [1.54, 1.807) is 11.3 Å². The molecule has 0 atom stereocenters. The number of piperidine rings is 1. The van der Waals surface area contributed by atoms with Crippen molar-refractivity contribution in [3.8, 4) is 0 Å². The van der Waals surface area contributed by atoms with E-state index < -0.39 is 0 Å². The first-order valence-corrected chi connectivity index (χ1v) is 8.66. The zero-order valence-electron chi connectivity index (χ0n) is 14.2. The molecule has 0 aromatic carbocycles. The quantitative estimate of drug-likeness (QED) is 0.753. The van der Waals surface area contributed by atoms with E-state index in [0.717, 1.165) is 41.0 Å². The Bertz CT molecular complexity index is 500.